The monoisotopic (exact) mass is 281 g/mol. The molecule has 0 radical (unpaired) electrons. The van der Waals surface area contributed by atoms with E-state index in [0.29, 0.717) is 16.1 Å². The molecule has 94 valence electrons. The predicted molar refractivity (Wildman–Crippen MR) is 74.0 cm³/mol. The molecule has 0 saturated carbocycles. The average molecular weight is 282 g/mol. The van der Waals surface area contributed by atoms with E-state index >= 15 is 0 Å². The summed E-state index contributed by atoms with van der Waals surface area (Å²) in [6, 6.07) is 5.76. The summed E-state index contributed by atoms with van der Waals surface area (Å²) in [5.41, 5.74) is 1.80. The van der Waals surface area contributed by atoms with Crippen molar-refractivity contribution in [3.05, 3.63) is 40.3 Å². The van der Waals surface area contributed by atoms with Gasteiger partial charge in [-0.15, -0.1) is 0 Å². The molecule has 1 unspecified atom stereocenters. The number of aromatic amines is 1. The number of benzene rings is 1. The average Bonchev–Trinajstić information content (AvgIpc) is 3.00. The molecular weight excluding hydrogens is 269 g/mol. The first-order chi connectivity index (χ1) is 8.74. The summed E-state index contributed by atoms with van der Waals surface area (Å²) in [5.74, 6) is 0.971. The summed E-state index contributed by atoms with van der Waals surface area (Å²) >= 11 is 12.2. The zero-order valence-electron chi connectivity index (χ0n) is 9.71. The fourth-order valence-corrected chi connectivity index (χ4v) is 2.66. The van der Waals surface area contributed by atoms with Crippen LogP contribution in [0, 0.1) is 0 Å². The number of hydrogen-bond donors (Lipinski definition) is 2. The van der Waals surface area contributed by atoms with Crippen molar-refractivity contribution in [1.82, 2.24) is 15.3 Å². The zero-order valence-corrected chi connectivity index (χ0v) is 11.2. The van der Waals surface area contributed by atoms with Gasteiger partial charge in [0.2, 0.25) is 0 Å². The second-order valence-corrected chi connectivity index (χ2v) is 5.30. The van der Waals surface area contributed by atoms with Gasteiger partial charge in [-0.3, -0.25) is 0 Å². The largest absolute Gasteiger partial charge is 0.341 e. The molecule has 2 aromatic rings. The minimum absolute atomic E-state index is 0.330. The molecule has 18 heavy (non-hydrogen) atoms. The molecule has 1 aromatic heterocycles. The zero-order chi connectivity index (χ0) is 12.5. The molecule has 2 N–H and O–H groups in total. The highest BCUT2D eigenvalue weighted by Gasteiger charge is 2.19. The number of nitrogens with one attached hydrogen (secondary N) is 2. The van der Waals surface area contributed by atoms with Crippen LogP contribution >= 0.6 is 23.2 Å². The number of imidazole rings is 1. The summed E-state index contributed by atoms with van der Waals surface area (Å²) < 4.78 is 0. The van der Waals surface area contributed by atoms with Gasteiger partial charge >= 0.3 is 0 Å². The molecule has 2 heterocycles. The van der Waals surface area contributed by atoms with Crippen molar-refractivity contribution < 1.29 is 0 Å². The van der Waals surface area contributed by atoms with Crippen LogP contribution in [-0.4, -0.2) is 16.5 Å². The number of nitrogens with zero attached hydrogens (tertiary/aromatic N) is 1. The second-order valence-electron chi connectivity index (χ2n) is 4.46. The maximum atomic E-state index is 6.18. The lowest BCUT2D eigenvalue weighted by atomic mass is 10.2. The van der Waals surface area contributed by atoms with Crippen LogP contribution in [-0.2, 0) is 0 Å². The van der Waals surface area contributed by atoms with Gasteiger partial charge in [-0.25, -0.2) is 4.98 Å². The molecule has 3 nitrogen and oxygen atoms in total. The van der Waals surface area contributed by atoms with Gasteiger partial charge in [0.1, 0.15) is 5.82 Å². The van der Waals surface area contributed by atoms with Crippen molar-refractivity contribution in [1.29, 1.82) is 0 Å². The number of hydrogen-bond acceptors (Lipinski definition) is 2. The Balaban J connectivity index is 1.94. The maximum Gasteiger partial charge on any atom is 0.123 e. The van der Waals surface area contributed by atoms with Crippen LogP contribution in [0.1, 0.15) is 24.7 Å². The van der Waals surface area contributed by atoms with Crippen LogP contribution in [0.25, 0.3) is 11.3 Å². The van der Waals surface area contributed by atoms with Crippen LogP contribution in [0.3, 0.4) is 0 Å². The molecule has 0 amide bonds. The van der Waals surface area contributed by atoms with E-state index in [0.717, 1.165) is 30.0 Å². The van der Waals surface area contributed by atoms with Gasteiger partial charge in [-0.05, 0) is 37.6 Å². The standard InChI is InChI=1S/C13H13Cl2N3/c14-8-3-4-10(15)9(6-8)12-7-17-13(18-12)11-2-1-5-16-11/h3-4,6-7,11,16H,1-2,5H2,(H,17,18). The lowest BCUT2D eigenvalue weighted by Crippen LogP contribution is -2.14. The maximum absolute atomic E-state index is 6.18. The SMILES string of the molecule is Clc1ccc(Cl)c(-c2cnc(C3CCCN3)[nH]2)c1. The van der Waals surface area contributed by atoms with E-state index in [9.17, 15) is 0 Å². The molecule has 1 fully saturated rings. The Kier molecular flexibility index (Phi) is 3.29. The third-order valence-corrected chi connectivity index (χ3v) is 3.77. The molecule has 1 atom stereocenters. The van der Waals surface area contributed by atoms with Gasteiger partial charge in [0.15, 0.2) is 0 Å². The smallest absolute Gasteiger partial charge is 0.123 e. The van der Waals surface area contributed by atoms with E-state index in [4.69, 9.17) is 23.2 Å². The van der Waals surface area contributed by atoms with Crippen LogP contribution in [0.2, 0.25) is 10.0 Å². The summed E-state index contributed by atoms with van der Waals surface area (Å²) in [4.78, 5) is 7.75. The van der Waals surface area contributed by atoms with E-state index in [2.05, 4.69) is 15.3 Å². The number of rotatable bonds is 2. The van der Waals surface area contributed by atoms with Crippen molar-refractivity contribution in [2.75, 3.05) is 6.54 Å². The fourth-order valence-electron chi connectivity index (χ4n) is 2.27. The minimum Gasteiger partial charge on any atom is -0.341 e. The molecule has 1 saturated heterocycles. The third-order valence-electron chi connectivity index (χ3n) is 3.20. The Hall–Kier alpha value is -1.03. The Labute approximate surface area is 116 Å². The molecule has 3 rings (SSSR count). The summed E-state index contributed by atoms with van der Waals surface area (Å²) in [6.45, 7) is 1.05. The summed E-state index contributed by atoms with van der Waals surface area (Å²) in [5, 5.41) is 4.76. The van der Waals surface area contributed by atoms with Crippen molar-refractivity contribution in [3.8, 4) is 11.3 Å². The Morgan fingerprint density at radius 2 is 2.17 bits per heavy atom. The van der Waals surface area contributed by atoms with E-state index in [1.807, 2.05) is 12.3 Å². The minimum atomic E-state index is 0.330. The highest BCUT2D eigenvalue weighted by molar-refractivity contribution is 6.35. The number of aromatic nitrogens is 2. The van der Waals surface area contributed by atoms with Crippen molar-refractivity contribution in [2.24, 2.45) is 0 Å². The predicted octanol–water partition coefficient (Wildman–Crippen LogP) is 3.81. The van der Waals surface area contributed by atoms with Crippen LogP contribution in [0.5, 0.6) is 0 Å². The fraction of sp³-hybridized carbons (Fsp3) is 0.308. The van der Waals surface area contributed by atoms with E-state index < -0.39 is 0 Å². The molecular formula is C13H13Cl2N3. The Bertz CT molecular complexity index is 559. The number of halogens is 2. The van der Waals surface area contributed by atoms with Crippen molar-refractivity contribution in [2.45, 2.75) is 18.9 Å². The molecule has 0 bridgehead atoms. The Morgan fingerprint density at radius 3 is 2.94 bits per heavy atom. The summed E-state index contributed by atoms with van der Waals surface area (Å²) in [7, 11) is 0. The first-order valence-electron chi connectivity index (χ1n) is 5.98. The van der Waals surface area contributed by atoms with Gasteiger partial charge in [-0.2, -0.15) is 0 Å². The molecule has 1 aliphatic heterocycles. The van der Waals surface area contributed by atoms with Gasteiger partial charge in [-0.1, -0.05) is 23.2 Å². The van der Waals surface area contributed by atoms with Crippen molar-refractivity contribution in [3.63, 3.8) is 0 Å². The Morgan fingerprint density at radius 1 is 1.28 bits per heavy atom. The lowest BCUT2D eigenvalue weighted by molar-refractivity contribution is 0.613. The molecule has 1 aliphatic rings. The molecule has 0 aliphatic carbocycles. The van der Waals surface area contributed by atoms with Crippen LogP contribution in [0.4, 0.5) is 0 Å². The topological polar surface area (TPSA) is 40.7 Å². The quantitative estimate of drug-likeness (QED) is 0.879. The lowest BCUT2D eigenvalue weighted by Gasteiger charge is -2.06. The second kappa shape index (κ2) is 4.92. The third kappa shape index (κ3) is 2.26. The molecule has 0 spiro atoms. The van der Waals surface area contributed by atoms with Crippen molar-refractivity contribution >= 4 is 23.2 Å². The highest BCUT2D eigenvalue weighted by Crippen LogP contribution is 2.30. The normalized spacial score (nSPS) is 19.3. The van der Waals surface area contributed by atoms with E-state index in [1.165, 1.54) is 6.42 Å². The first kappa shape index (κ1) is 12.0. The van der Waals surface area contributed by atoms with Gasteiger partial charge in [0.25, 0.3) is 0 Å². The van der Waals surface area contributed by atoms with Gasteiger partial charge < -0.3 is 10.3 Å². The van der Waals surface area contributed by atoms with Gasteiger partial charge in [0, 0.05) is 10.6 Å². The van der Waals surface area contributed by atoms with E-state index in [-0.39, 0.29) is 0 Å². The molecule has 5 heteroatoms. The number of H-pyrrole nitrogens is 1. The van der Waals surface area contributed by atoms with E-state index in [1.54, 1.807) is 12.1 Å². The van der Waals surface area contributed by atoms with Crippen LogP contribution in [0.15, 0.2) is 24.4 Å². The highest BCUT2D eigenvalue weighted by atomic mass is 35.5. The van der Waals surface area contributed by atoms with Crippen LogP contribution < -0.4 is 5.32 Å². The van der Waals surface area contributed by atoms with Gasteiger partial charge in [0.05, 0.1) is 23.0 Å². The first-order valence-corrected chi connectivity index (χ1v) is 6.73. The summed E-state index contributed by atoms with van der Waals surface area (Å²) in [6.07, 6.45) is 4.13. The molecule has 1 aromatic carbocycles.